The first-order valence-corrected chi connectivity index (χ1v) is 17.0. The van der Waals surface area contributed by atoms with Gasteiger partial charge in [0.25, 0.3) is 0 Å². The molecule has 3 heteroatoms. The molecule has 8 aromatic rings. The zero-order chi connectivity index (χ0) is 33.2. The van der Waals surface area contributed by atoms with Crippen molar-refractivity contribution < 1.29 is 8.81 Å². The Bertz CT molecular complexity index is 2690. The minimum Gasteiger partial charge on any atom is -0.454 e. The number of fused-ring (bicyclic) bond motifs is 10. The summed E-state index contributed by atoms with van der Waals surface area (Å²) < 4.78 is 22.3. The second-order valence-corrected chi connectivity index (χ2v) is 14.7. The SMILES string of the molecule is CC1(C)c2cc(N(c3ccccc3F)c3cccc4c3oc3ccccc34)ccc2-c2cc3c(cc21)-c1cc2ccccc2cc1C3(C)C. The molecule has 2 aliphatic carbocycles. The summed E-state index contributed by atoms with van der Waals surface area (Å²) in [6, 6.07) is 46.2. The average molecular weight is 636 g/mol. The summed E-state index contributed by atoms with van der Waals surface area (Å²) in [6.45, 7) is 9.35. The zero-order valence-electron chi connectivity index (χ0n) is 27.9. The molecule has 0 fully saturated rings. The molecule has 10 rings (SSSR count). The second kappa shape index (κ2) is 9.70. The molecule has 0 aliphatic heterocycles. The van der Waals surface area contributed by atoms with Crippen LogP contribution in [-0.2, 0) is 10.8 Å². The summed E-state index contributed by atoms with van der Waals surface area (Å²) in [6.07, 6.45) is 0. The lowest BCUT2D eigenvalue weighted by atomic mass is 9.79. The largest absolute Gasteiger partial charge is 0.454 e. The van der Waals surface area contributed by atoms with Crippen molar-refractivity contribution in [2.24, 2.45) is 0 Å². The van der Waals surface area contributed by atoms with Gasteiger partial charge in [-0.05, 0) is 116 Å². The minimum absolute atomic E-state index is 0.122. The molecule has 7 aromatic carbocycles. The zero-order valence-corrected chi connectivity index (χ0v) is 27.9. The predicted molar refractivity (Wildman–Crippen MR) is 201 cm³/mol. The number of hydrogen-bond acceptors (Lipinski definition) is 2. The Morgan fingerprint density at radius 3 is 1.84 bits per heavy atom. The van der Waals surface area contributed by atoms with Crippen LogP contribution in [0.15, 0.2) is 138 Å². The lowest BCUT2D eigenvalue weighted by Gasteiger charge is -2.28. The van der Waals surface area contributed by atoms with E-state index < -0.39 is 0 Å². The maximum atomic E-state index is 15.8. The van der Waals surface area contributed by atoms with Gasteiger partial charge in [0.1, 0.15) is 11.4 Å². The molecule has 49 heavy (non-hydrogen) atoms. The number of para-hydroxylation sites is 3. The number of halogens is 1. The molecular formula is C46H34FNO. The van der Waals surface area contributed by atoms with Gasteiger partial charge in [0.2, 0.25) is 0 Å². The smallest absolute Gasteiger partial charge is 0.159 e. The van der Waals surface area contributed by atoms with Crippen LogP contribution in [-0.4, -0.2) is 0 Å². The first-order valence-electron chi connectivity index (χ1n) is 17.0. The Morgan fingerprint density at radius 1 is 0.490 bits per heavy atom. The van der Waals surface area contributed by atoms with E-state index in [2.05, 4.69) is 107 Å². The van der Waals surface area contributed by atoms with Crippen molar-refractivity contribution in [1.82, 2.24) is 0 Å². The molecule has 0 spiro atoms. The third kappa shape index (κ3) is 3.82. The highest BCUT2D eigenvalue weighted by atomic mass is 19.1. The lowest BCUT2D eigenvalue weighted by Crippen LogP contribution is -2.18. The van der Waals surface area contributed by atoms with Gasteiger partial charge in [-0.15, -0.1) is 0 Å². The van der Waals surface area contributed by atoms with Crippen LogP contribution in [0.1, 0.15) is 49.9 Å². The van der Waals surface area contributed by atoms with Crippen molar-refractivity contribution in [2.75, 3.05) is 4.90 Å². The van der Waals surface area contributed by atoms with E-state index in [1.54, 1.807) is 6.07 Å². The molecule has 0 N–H and O–H groups in total. The fourth-order valence-corrected chi connectivity index (χ4v) is 8.72. The van der Waals surface area contributed by atoms with Crippen molar-refractivity contribution in [1.29, 1.82) is 0 Å². The van der Waals surface area contributed by atoms with E-state index in [0.717, 1.165) is 33.3 Å². The fraction of sp³-hybridized carbons (Fsp3) is 0.130. The number of anilines is 3. The fourth-order valence-electron chi connectivity index (χ4n) is 8.72. The summed E-state index contributed by atoms with van der Waals surface area (Å²) in [7, 11) is 0. The third-order valence-electron chi connectivity index (χ3n) is 11.3. The van der Waals surface area contributed by atoms with Gasteiger partial charge >= 0.3 is 0 Å². The maximum Gasteiger partial charge on any atom is 0.159 e. The molecule has 2 aliphatic rings. The molecule has 0 unspecified atom stereocenters. The molecule has 0 bridgehead atoms. The minimum atomic E-state index is -0.288. The molecule has 0 radical (unpaired) electrons. The molecule has 0 amide bonds. The van der Waals surface area contributed by atoms with Gasteiger partial charge < -0.3 is 9.32 Å². The van der Waals surface area contributed by atoms with Gasteiger partial charge in [-0.3, -0.25) is 0 Å². The van der Waals surface area contributed by atoms with Crippen molar-refractivity contribution >= 4 is 49.8 Å². The van der Waals surface area contributed by atoms with Crippen LogP contribution in [0.25, 0.3) is 55.0 Å². The lowest BCUT2D eigenvalue weighted by molar-refractivity contribution is 0.628. The summed E-state index contributed by atoms with van der Waals surface area (Å²) >= 11 is 0. The van der Waals surface area contributed by atoms with Crippen molar-refractivity contribution in [2.45, 2.75) is 38.5 Å². The van der Waals surface area contributed by atoms with Crippen LogP contribution >= 0.6 is 0 Å². The number of benzene rings is 7. The van der Waals surface area contributed by atoms with E-state index in [0.29, 0.717) is 5.69 Å². The first kappa shape index (κ1) is 28.4. The van der Waals surface area contributed by atoms with Crippen molar-refractivity contribution in [3.05, 3.63) is 162 Å². The summed E-state index contributed by atoms with van der Waals surface area (Å²) in [5.41, 5.74) is 13.8. The Labute approximate surface area is 285 Å². The average Bonchev–Trinajstić information content (AvgIpc) is 3.68. The second-order valence-electron chi connectivity index (χ2n) is 14.7. The molecule has 0 saturated carbocycles. The van der Waals surface area contributed by atoms with Gasteiger partial charge in [-0.1, -0.05) is 100 Å². The number of hydrogen-bond donors (Lipinski definition) is 0. The van der Waals surface area contributed by atoms with Gasteiger partial charge in [-0.2, -0.15) is 0 Å². The highest BCUT2D eigenvalue weighted by Gasteiger charge is 2.42. The normalized spacial score (nSPS) is 15.0. The molecule has 2 nitrogen and oxygen atoms in total. The molecule has 1 heterocycles. The van der Waals surface area contributed by atoms with Crippen LogP contribution in [0.2, 0.25) is 0 Å². The highest BCUT2D eigenvalue weighted by Crippen LogP contribution is 2.57. The standard InChI is InChI=1S/C46H34FNO/c1-45(2)36-23-28-13-6-5-12-27(28)22-33(36)35-26-38-34(25-39(35)45)30-21-20-29(24-37(30)46(38,3)4)48(41-17-9-8-16-40(41)47)42-18-11-15-32-31-14-7-10-19-43(31)49-44(32)42/h5-26H,1-4H3. The van der Waals surface area contributed by atoms with E-state index in [4.69, 9.17) is 4.42 Å². The molecule has 236 valence electrons. The summed E-state index contributed by atoms with van der Waals surface area (Å²) in [4.78, 5) is 2.02. The Balaban J connectivity index is 1.17. The molecule has 0 saturated heterocycles. The van der Waals surface area contributed by atoms with Crippen molar-refractivity contribution in [3.63, 3.8) is 0 Å². The molecule has 1 aromatic heterocycles. The number of nitrogens with zero attached hydrogens (tertiary/aromatic N) is 1. The maximum absolute atomic E-state index is 15.8. The third-order valence-corrected chi connectivity index (χ3v) is 11.3. The van der Waals surface area contributed by atoms with Crippen LogP contribution in [0, 0.1) is 5.82 Å². The van der Waals surface area contributed by atoms with Gasteiger partial charge in [0.15, 0.2) is 5.58 Å². The summed E-state index contributed by atoms with van der Waals surface area (Å²) in [5.74, 6) is -0.288. The van der Waals surface area contributed by atoms with E-state index in [9.17, 15) is 0 Å². The highest BCUT2D eigenvalue weighted by molar-refractivity contribution is 6.10. The number of rotatable bonds is 3. The quantitative estimate of drug-likeness (QED) is 0.192. The Kier molecular flexibility index (Phi) is 5.61. The van der Waals surface area contributed by atoms with Gasteiger partial charge in [0, 0.05) is 27.3 Å². The van der Waals surface area contributed by atoms with Crippen LogP contribution in [0.5, 0.6) is 0 Å². The van der Waals surface area contributed by atoms with Gasteiger partial charge in [-0.25, -0.2) is 4.39 Å². The van der Waals surface area contributed by atoms with E-state index in [-0.39, 0.29) is 16.6 Å². The predicted octanol–water partition coefficient (Wildman–Crippen LogP) is 13.0. The van der Waals surface area contributed by atoms with Crippen LogP contribution in [0.3, 0.4) is 0 Å². The first-order chi connectivity index (χ1) is 23.7. The van der Waals surface area contributed by atoms with Gasteiger partial charge in [0.05, 0.1) is 11.4 Å². The van der Waals surface area contributed by atoms with Crippen molar-refractivity contribution in [3.8, 4) is 22.3 Å². The van der Waals surface area contributed by atoms with Crippen LogP contribution < -0.4 is 4.90 Å². The summed E-state index contributed by atoms with van der Waals surface area (Å²) in [5, 5.41) is 4.60. The van der Waals surface area contributed by atoms with E-state index in [1.807, 2.05) is 47.4 Å². The Hall–Kier alpha value is -5.67. The topological polar surface area (TPSA) is 16.4 Å². The van der Waals surface area contributed by atoms with E-state index in [1.165, 1.54) is 61.3 Å². The molecule has 0 atom stereocenters. The Morgan fingerprint density at radius 2 is 1.06 bits per heavy atom. The monoisotopic (exact) mass is 635 g/mol. The van der Waals surface area contributed by atoms with Crippen LogP contribution in [0.4, 0.5) is 21.5 Å². The van der Waals surface area contributed by atoms with E-state index >= 15 is 4.39 Å². The number of furan rings is 1. The molecular weight excluding hydrogens is 602 g/mol.